The van der Waals surface area contributed by atoms with E-state index in [1.54, 1.807) is 0 Å². The topological polar surface area (TPSA) is 79.9 Å². The van der Waals surface area contributed by atoms with Gasteiger partial charge < -0.3 is 4.74 Å². The number of benzene rings is 1. The fourth-order valence-electron chi connectivity index (χ4n) is 1.59. The van der Waals surface area contributed by atoms with Crippen LogP contribution < -0.4 is 10.1 Å². The van der Waals surface area contributed by atoms with Crippen molar-refractivity contribution in [3.8, 4) is 5.75 Å². The van der Waals surface area contributed by atoms with E-state index in [0.29, 0.717) is 25.4 Å². The molecule has 0 saturated carbocycles. The van der Waals surface area contributed by atoms with Crippen LogP contribution in [0.4, 0.5) is 5.95 Å². The van der Waals surface area contributed by atoms with Gasteiger partial charge in [0.25, 0.3) is 0 Å². The highest BCUT2D eigenvalue weighted by atomic mass is 16.5. The van der Waals surface area contributed by atoms with Gasteiger partial charge in [-0.3, -0.25) is 10.1 Å². The number of anilines is 1. The Hall–Kier alpha value is -2.37. The van der Waals surface area contributed by atoms with Gasteiger partial charge in [0.2, 0.25) is 11.9 Å². The number of aryl methyl sites for hydroxylation is 1. The molecular weight excluding hydrogens is 244 g/mol. The van der Waals surface area contributed by atoms with Crippen molar-refractivity contribution in [2.24, 2.45) is 0 Å². The molecule has 0 fully saturated rings. The first-order valence-corrected chi connectivity index (χ1v) is 6.09. The number of carbonyl (C=O) groups excluding carboxylic acids is 1. The third-order valence-corrected chi connectivity index (χ3v) is 2.48. The highest BCUT2D eigenvalue weighted by molar-refractivity contribution is 5.88. The zero-order valence-corrected chi connectivity index (χ0v) is 10.7. The second kappa shape index (κ2) is 6.53. The molecule has 2 N–H and O–H groups in total. The molecule has 0 unspecified atom stereocenters. The molecule has 1 aromatic heterocycles. The second-order valence-corrected chi connectivity index (χ2v) is 4.15. The molecule has 1 aromatic carbocycles. The minimum absolute atomic E-state index is 0.107. The summed E-state index contributed by atoms with van der Waals surface area (Å²) in [6.45, 7) is 2.52. The molecule has 2 aromatic rings. The number of nitrogens with zero attached hydrogens (tertiary/aromatic N) is 2. The number of ether oxygens (including phenoxy) is 1. The summed E-state index contributed by atoms with van der Waals surface area (Å²) in [5, 5.41) is 8.82. The number of amides is 1. The van der Waals surface area contributed by atoms with E-state index in [-0.39, 0.29) is 5.91 Å². The number of aromatic amines is 1. The van der Waals surface area contributed by atoms with Crippen LogP contribution in [0, 0.1) is 6.92 Å². The molecule has 0 saturated heterocycles. The molecule has 0 spiro atoms. The normalized spacial score (nSPS) is 10.2. The first-order valence-electron chi connectivity index (χ1n) is 6.09. The van der Waals surface area contributed by atoms with Crippen LogP contribution in [-0.2, 0) is 4.79 Å². The number of rotatable bonds is 6. The molecule has 0 aliphatic rings. The summed E-state index contributed by atoms with van der Waals surface area (Å²) in [4.78, 5) is 15.3. The number of hydrogen-bond donors (Lipinski definition) is 2. The maximum absolute atomic E-state index is 11.5. The van der Waals surface area contributed by atoms with Crippen LogP contribution in [0.15, 0.2) is 30.6 Å². The Morgan fingerprint density at radius 2 is 2.37 bits per heavy atom. The van der Waals surface area contributed by atoms with Crippen LogP contribution in [0.25, 0.3) is 0 Å². The molecule has 6 nitrogen and oxygen atoms in total. The number of H-pyrrole nitrogens is 1. The van der Waals surface area contributed by atoms with Crippen molar-refractivity contribution < 1.29 is 9.53 Å². The van der Waals surface area contributed by atoms with Crippen molar-refractivity contribution >= 4 is 11.9 Å². The summed E-state index contributed by atoms with van der Waals surface area (Å²) >= 11 is 0. The van der Waals surface area contributed by atoms with Crippen LogP contribution in [0.1, 0.15) is 18.4 Å². The largest absolute Gasteiger partial charge is 0.494 e. The van der Waals surface area contributed by atoms with Gasteiger partial charge >= 0.3 is 0 Å². The zero-order valence-electron chi connectivity index (χ0n) is 10.7. The fraction of sp³-hybridized carbons (Fsp3) is 0.308. The lowest BCUT2D eigenvalue weighted by atomic mass is 10.2. The summed E-state index contributed by atoms with van der Waals surface area (Å²) in [5.41, 5.74) is 1.15. The minimum atomic E-state index is -0.107. The van der Waals surface area contributed by atoms with E-state index in [9.17, 15) is 4.79 Å². The molecular formula is C13H16N4O2. The van der Waals surface area contributed by atoms with Gasteiger partial charge in [-0.2, -0.15) is 10.1 Å². The summed E-state index contributed by atoms with van der Waals surface area (Å²) in [5.74, 6) is 1.09. The van der Waals surface area contributed by atoms with Gasteiger partial charge in [0.15, 0.2) is 0 Å². The molecule has 2 rings (SSSR count). The molecule has 0 bridgehead atoms. The number of aromatic nitrogens is 3. The van der Waals surface area contributed by atoms with Crippen LogP contribution in [0.2, 0.25) is 0 Å². The van der Waals surface area contributed by atoms with E-state index < -0.39 is 0 Å². The summed E-state index contributed by atoms with van der Waals surface area (Å²) in [6, 6.07) is 7.83. The highest BCUT2D eigenvalue weighted by Crippen LogP contribution is 2.12. The van der Waals surface area contributed by atoms with Crippen molar-refractivity contribution in [2.75, 3.05) is 11.9 Å². The van der Waals surface area contributed by atoms with Gasteiger partial charge in [0, 0.05) is 6.42 Å². The average molecular weight is 260 g/mol. The zero-order chi connectivity index (χ0) is 13.5. The SMILES string of the molecule is Cc1cccc(OCCCC(=O)Nc2ncn[nH]2)c1. The smallest absolute Gasteiger partial charge is 0.226 e. The first kappa shape index (κ1) is 13.1. The van der Waals surface area contributed by atoms with Gasteiger partial charge in [-0.05, 0) is 31.0 Å². The van der Waals surface area contributed by atoms with E-state index in [2.05, 4.69) is 20.5 Å². The highest BCUT2D eigenvalue weighted by Gasteiger charge is 2.04. The van der Waals surface area contributed by atoms with Crippen molar-refractivity contribution in [1.82, 2.24) is 15.2 Å². The lowest BCUT2D eigenvalue weighted by Gasteiger charge is -2.06. The third-order valence-electron chi connectivity index (χ3n) is 2.48. The van der Waals surface area contributed by atoms with Crippen molar-refractivity contribution in [3.05, 3.63) is 36.2 Å². The summed E-state index contributed by atoms with van der Waals surface area (Å²) < 4.78 is 5.56. The van der Waals surface area contributed by atoms with Gasteiger partial charge in [0.05, 0.1) is 6.61 Å². The van der Waals surface area contributed by atoms with Gasteiger partial charge in [-0.25, -0.2) is 5.10 Å². The Morgan fingerprint density at radius 1 is 1.47 bits per heavy atom. The van der Waals surface area contributed by atoms with Gasteiger partial charge in [-0.15, -0.1) is 0 Å². The maximum Gasteiger partial charge on any atom is 0.226 e. The van der Waals surface area contributed by atoms with E-state index in [1.165, 1.54) is 6.33 Å². The number of carbonyl (C=O) groups is 1. The molecule has 0 aliphatic heterocycles. The predicted octanol–water partition coefficient (Wildman–Crippen LogP) is 1.91. The number of hydrogen-bond acceptors (Lipinski definition) is 4. The Morgan fingerprint density at radius 3 is 3.11 bits per heavy atom. The Balaban J connectivity index is 1.65. The molecule has 1 amide bonds. The summed E-state index contributed by atoms with van der Waals surface area (Å²) in [6.07, 6.45) is 2.37. The quantitative estimate of drug-likeness (QED) is 0.777. The number of nitrogens with one attached hydrogen (secondary N) is 2. The Labute approximate surface area is 111 Å². The van der Waals surface area contributed by atoms with E-state index in [4.69, 9.17) is 4.74 Å². The lowest BCUT2D eigenvalue weighted by molar-refractivity contribution is -0.116. The van der Waals surface area contributed by atoms with Gasteiger partial charge in [-0.1, -0.05) is 12.1 Å². The standard InChI is InChI=1S/C13H16N4O2/c1-10-4-2-5-11(8-10)19-7-3-6-12(18)16-13-14-9-15-17-13/h2,4-5,8-9H,3,6-7H2,1H3,(H2,14,15,16,17,18). The lowest BCUT2D eigenvalue weighted by Crippen LogP contribution is -2.13. The van der Waals surface area contributed by atoms with Crippen molar-refractivity contribution in [2.45, 2.75) is 19.8 Å². The second-order valence-electron chi connectivity index (χ2n) is 4.15. The first-order chi connectivity index (χ1) is 9.24. The van der Waals surface area contributed by atoms with Crippen LogP contribution in [-0.4, -0.2) is 27.7 Å². The van der Waals surface area contributed by atoms with Gasteiger partial charge in [0.1, 0.15) is 12.1 Å². The summed E-state index contributed by atoms with van der Waals surface area (Å²) in [7, 11) is 0. The van der Waals surface area contributed by atoms with E-state index in [0.717, 1.165) is 11.3 Å². The van der Waals surface area contributed by atoms with Crippen LogP contribution in [0.5, 0.6) is 5.75 Å². The maximum atomic E-state index is 11.5. The third kappa shape index (κ3) is 4.42. The Bertz CT molecular complexity index is 525. The van der Waals surface area contributed by atoms with Crippen LogP contribution in [0.3, 0.4) is 0 Å². The van der Waals surface area contributed by atoms with Crippen molar-refractivity contribution in [1.29, 1.82) is 0 Å². The fourth-order valence-corrected chi connectivity index (χ4v) is 1.59. The average Bonchev–Trinajstić information content (AvgIpc) is 2.87. The monoisotopic (exact) mass is 260 g/mol. The molecule has 0 aliphatic carbocycles. The molecule has 19 heavy (non-hydrogen) atoms. The van der Waals surface area contributed by atoms with Crippen molar-refractivity contribution in [3.63, 3.8) is 0 Å². The molecule has 0 atom stereocenters. The van der Waals surface area contributed by atoms with E-state index >= 15 is 0 Å². The Kier molecular flexibility index (Phi) is 4.49. The molecule has 0 radical (unpaired) electrons. The molecule has 1 heterocycles. The predicted molar refractivity (Wildman–Crippen MR) is 70.9 cm³/mol. The molecule has 6 heteroatoms. The van der Waals surface area contributed by atoms with Crippen LogP contribution >= 0.6 is 0 Å². The molecule has 100 valence electrons. The minimum Gasteiger partial charge on any atom is -0.494 e. The van der Waals surface area contributed by atoms with E-state index in [1.807, 2.05) is 31.2 Å².